The Bertz CT molecular complexity index is 992. The molecule has 0 saturated carbocycles. The number of aryl methyl sites for hydroxylation is 1. The quantitative estimate of drug-likeness (QED) is 0.810. The number of carbonyl (C=O) groups excluding carboxylic acids is 1. The first-order valence-corrected chi connectivity index (χ1v) is 9.55. The van der Waals surface area contributed by atoms with Gasteiger partial charge in [-0.2, -0.15) is 0 Å². The number of carbonyl (C=O) groups is 1. The van der Waals surface area contributed by atoms with Gasteiger partial charge in [0.25, 0.3) is 5.56 Å². The van der Waals surface area contributed by atoms with Crippen LogP contribution in [0.25, 0.3) is 0 Å². The summed E-state index contributed by atoms with van der Waals surface area (Å²) in [5.41, 5.74) is 2.54. The third-order valence-corrected chi connectivity index (χ3v) is 6.28. The summed E-state index contributed by atoms with van der Waals surface area (Å²) in [5.74, 6) is 0.197. The number of hydrogen-bond donors (Lipinski definition) is 2. The number of halogens is 1. The molecule has 1 amide bonds. The molecule has 1 fully saturated rings. The molecule has 140 valence electrons. The molecular weight excluding hydrogens is 347 g/mol. The fourth-order valence-corrected chi connectivity index (χ4v) is 4.74. The molecule has 1 aromatic heterocycles. The highest BCUT2D eigenvalue weighted by atomic mass is 19.1. The van der Waals surface area contributed by atoms with Gasteiger partial charge in [-0.25, -0.2) is 9.37 Å². The molecule has 7 heteroatoms. The molecule has 6 nitrogen and oxygen atoms in total. The zero-order valence-electron chi connectivity index (χ0n) is 15.0. The Balaban J connectivity index is 1.42. The van der Waals surface area contributed by atoms with E-state index in [0.29, 0.717) is 37.6 Å². The molecular formula is C20H21FN4O2. The Morgan fingerprint density at radius 3 is 2.70 bits per heavy atom. The number of aromatic nitrogens is 2. The summed E-state index contributed by atoms with van der Waals surface area (Å²) in [7, 11) is 0. The standard InChI is InChI=1S/C20H21FN4O2/c21-12-5-6-14-16(11-12)22-18(27)20(14)7-9-25(10-8-20)19-23-15-4-2-1-3-13(15)17(26)24-19/h5-6,11H,1-4,7-10H2,(H,22,27)(H,23,24,26). The van der Waals surface area contributed by atoms with Gasteiger partial charge in [-0.15, -0.1) is 0 Å². The molecule has 0 bridgehead atoms. The molecule has 2 aliphatic heterocycles. The number of benzene rings is 1. The molecule has 1 aliphatic carbocycles. The Hall–Kier alpha value is -2.70. The number of aromatic amines is 1. The van der Waals surface area contributed by atoms with E-state index in [-0.39, 0.29) is 17.3 Å². The minimum atomic E-state index is -0.617. The van der Waals surface area contributed by atoms with Crippen molar-refractivity contribution in [1.82, 2.24) is 9.97 Å². The number of nitrogens with zero attached hydrogens (tertiary/aromatic N) is 2. The average Bonchev–Trinajstić information content (AvgIpc) is 2.93. The van der Waals surface area contributed by atoms with Crippen LogP contribution < -0.4 is 15.8 Å². The third kappa shape index (κ3) is 2.48. The van der Waals surface area contributed by atoms with Gasteiger partial charge >= 0.3 is 0 Å². The second-order valence-electron chi connectivity index (χ2n) is 7.74. The van der Waals surface area contributed by atoms with Crippen LogP contribution >= 0.6 is 0 Å². The third-order valence-electron chi connectivity index (χ3n) is 6.28. The van der Waals surface area contributed by atoms with E-state index in [1.165, 1.54) is 12.1 Å². The number of hydrogen-bond acceptors (Lipinski definition) is 4. The lowest BCUT2D eigenvalue weighted by Gasteiger charge is -2.38. The maximum Gasteiger partial charge on any atom is 0.255 e. The summed E-state index contributed by atoms with van der Waals surface area (Å²) in [5, 5.41) is 2.83. The minimum absolute atomic E-state index is 0.0329. The van der Waals surface area contributed by atoms with Crippen molar-refractivity contribution in [3.63, 3.8) is 0 Å². The van der Waals surface area contributed by atoms with E-state index in [9.17, 15) is 14.0 Å². The number of piperidine rings is 1. The van der Waals surface area contributed by atoms with Crippen LogP contribution in [-0.4, -0.2) is 29.0 Å². The highest BCUT2D eigenvalue weighted by Gasteiger charge is 2.48. The molecule has 3 heterocycles. The van der Waals surface area contributed by atoms with Gasteiger partial charge < -0.3 is 10.2 Å². The molecule has 1 spiro atoms. The normalized spacial score (nSPS) is 20.3. The lowest BCUT2D eigenvalue weighted by Crippen LogP contribution is -2.47. The molecule has 2 N–H and O–H groups in total. The summed E-state index contributed by atoms with van der Waals surface area (Å²) in [6.45, 7) is 1.23. The summed E-state index contributed by atoms with van der Waals surface area (Å²) >= 11 is 0. The lowest BCUT2D eigenvalue weighted by atomic mass is 9.74. The maximum absolute atomic E-state index is 13.5. The number of H-pyrrole nitrogens is 1. The second-order valence-corrected chi connectivity index (χ2v) is 7.74. The fraction of sp³-hybridized carbons (Fsp3) is 0.450. The van der Waals surface area contributed by atoms with E-state index in [1.807, 2.05) is 0 Å². The molecule has 2 aromatic rings. The summed E-state index contributed by atoms with van der Waals surface area (Å²) in [4.78, 5) is 34.8. The van der Waals surface area contributed by atoms with Gasteiger partial charge in [-0.1, -0.05) is 6.07 Å². The average molecular weight is 368 g/mol. The van der Waals surface area contributed by atoms with Crippen LogP contribution in [0.4, 0.5) is 16.0 Å². The van der Waals surface area contributed by atoms with Crippen LogP contribution in [0.2, 0.25) is 0 Å². The van der Waals surface area contributed by atoms with Gasteiger partial charge in [-0.05, 0) is 56.2 Å². The van der Waals surface area contributed by atoms with Gasteiger partial charge in [0.2, 0.25) is 11.9 Å². The number of nitrogens with one attached hydrogen (secondary N) is 2. The van der Waals surface area contributed by atoms with E-state index in [2.05, 4.69) is 15.2 Å². The Kier molecular flexibility index (Phi) is 3.60. The zero-order chi connectivity index (χ0) is 18.6. The van der Waals surface area contributed by atoms with Crippen molar-refractivity contribution < 1.29 is 9.18 Å². The number of fused-ring (bicyclic) bond motifs is 3. The van der Waals surface area contributed by atoms with Gasteiger partial charge in [0.1, 0.15) is 5.82 Å². The molecule has 1 aromatic carbocycles. The monoisotopic (exact) mass is 368 g/mol. The van der Waals surface area contributed by atoms with Gasteiger partial charge in [0.15, 0.2) is 0 Å². The van der Waals surface area contributed by atoms with Crippen molar-refractivity contribution in [3.05, 3.63) is 51.2 Å². The zero-order valence-corrected chi connectivity index (χ0v) is 15.0. The van der Waals surface area contributed by atoms with Crippen LogP contribution in [0.15, 0.2) is 23.0 Å². The van der Waals surface area contributed by atoms with Crippen molar-refractivity contribution in [2.45, 2.75) is 43.9 Å². The summed E-state index contributed by atoms with van der Waals surface area (Å²) in [6, 6.07) is 4.52. The van der Waals surface area contributed by atoms with Crippen LogP contribution in [0.3, 0.4) is 0 Å². The summed E-state index contributed by atoms with van der Waals surface area (Å²) in [6.07, 6.45) is 4.98. The minimum Gasteiger partial charge on any atom is -0.342 e. The first-order chi connectivity index (χ1) is 13.1. The highest BCUT2D eigenvalue weighted by Crippen LogP contribution is 2.45. The van der Waals surface area contributed by atoms with E-state index >= 15 is 0 Å². The second kappa shape index (κ2) is 5.90. The highest BCUT2D eigenvalue weighted by molar-refractivity contribution is 6.06. The Morgan fingerprint density at radius 1 is 1.11 bits per heavy atom. The Morgan fingerprint density at radius 2 is 1.89 bits per heavy atom. The Labute approximate surface area is 155 Å². The first kappa shape index (κ1) is 16.5. The van der Waals surface area contributed by atoms with Crippen molar-refractivity contribution in [3.8, 4) is 0 Å². The van der Waals surface area contributed by atoms with Crippen LogP contribution in [0, 0.1) is 5.82 Å². The van der Waals surface area contributed by atoms with Crippen molar-refractivity contribution in [2.75, 3.05) is 23.3 Å². The van der Waals surface area contributed by atoms with E-state index < -0.39 is 5.41 Å². The van der Waals surface area contributed by atoms with E-state index in [1.54, 1.807) is 6.07 Å². The predicted molar refractivity (Wildman–Crippen MR) is 99.7 cm³/mol. The smallest absolute Gasteiger partial charge is 0.255 e. The van der Waals surface area contributed by atoms with Crippen molar-refractivity contribution in [2.24, 2.45) is 0 Å². The fourth-order valence-electron chi connectivity index (χ4n) is 4.74. The largest absolute Gasteiger partial charge is 0.342 e. The van der Waals surface area contributed by atoms with Crippen LogP contribution in [0.1, 0.15) is 42.5 Å². The van der Waals surface area contributed by atoms with E-state index in [0.717, 1.165) is 42.5 Å². The number of anilines is 2. The molecule has 3 aliphatic rings. The van der Waals surface area contributed by atoms with Crippen molar-refractivity contribution in [1.29, 1.82) is 0 Å². The van der Waals surface area contributed by atoms with Gasteiger partial charge in [0, 0.05) is 24.3 Å². The van der Waals surface area contributed by atoms with Gasteiger partial charge in [-0.3, -0.25) is 14.6 Å². The van der Waals surface area contributed by atoms with Crippen LogP contribution in [0.5, 0.6) is 0 Å². The molecule has 0 unspecified atom stereocenters. The number of rotatable bonds is 1. The maximum atomic E-state index is 13.5. The predicted octanol–water partition coefficient (Wildman–Crippen LogP) is 2.28. The molecule has 1 saturated heterocycles. The SMILES string of the molecule is O=C1Nc2cc(F)ccc2C12CCN(c1nc3c(c(=O)[nH]1)CCCC3)CC2. The molecule has 5 rings (SSSR count). The topological polar surface area (TPSA) is 78.1 Å². The van der Waals surface area contributed by atoms with E-state index in [4.69, 9.17) is 4.98 Å². The van der Waals surface area contributed by atoms with Gasteiger partial charge in [0.05, 0.1) is 11.1 Å². The first-order valence-electron chi connectivity index (χ1n) is 9.55. The molecule has 0 radical (unpaired) electrons. The molecule has 27 heavy (non-hydrogen) atoms. The van der Waals surface area contributed by atoms with Crippen molar-refractivity contribution >= 4 is 17.5 Å². The number of amides is 1. The lowest BCUT2D eigenvalue weighted by molar-refractivity contribution is -0.121. The summed E-state index contributed by atoms with van der Waals surface area (Å²) < 4.78 is 13.5. The molecule has 0 atom stereocenters. The van der Waals surface area contributed by atoms with Crippen LogP contribution in [-0.2, 0) is 23.1 Å².